The second kappa shape index (κ2) is 11.8. The number of carbonyl (C=O) groups excluding carboxylic acids is 4. The second-order valence-corrected chi connectivity index (χ2v) is 5.41. The minimum Gasteiger partial charge on any atom is -0.463 e. The fourth-order valence-electron chi connectivity index (χ4n) is 2.43. The highest BCUT2D eigenvalue weighted by molar-refractivity contribution is 5.68. The predicted molar refractivity (Wildman–Crippen MR) is 91.9 cm³/mol. The van der Waals surface area contributed by atoms with Gasteiger partial charge >= 0.3 is 23.9 Å². The van der Waals surface area contributed by atoms with Gasteiger partial charge in [-0.2, -0.15) is 0 Å². The van der Waals surface area contributed by atoms with Gasteiger partial charge < -0.3 is 28.4 Å². The SMILES string of the molecule is [2H]CC(=O)OC[C@H]1OC(OCCN=[N+]=[N-])[C@@H](OC(=O)C[2H])[C@@H](OC(=O)C[2H])[C@@H]1OC(=O)C[2H]. The van der Waals surface area contributed by atoms with E-state index in [-0.39, 0.29) is 13.2 Å². The molecule has 0 aromatic heterocycles. The van der Waals surface area contributed by atoms with Gasteiger partial charge in [-0.1, -0.05) is 5.11 Å². The van der Waals surface area contributed by atoms with E-state index in [1.165, 1.54) is 0 Å². The lowest BCUT2D eigenvalue weighted by Crippen LogP contribution is -2.63. The molecular weight excluding hydrogens is 394 g/mol. The van der Waals surface area contributed by atoms with E-state index < -0.39 is 88.8 Å². The van der Waals surface area contributed by atoms with Crippen molar-refractivity contribution in [1.29, 1.82) is 0 Å². The lowest BCUT2D eigenvalue weighted by molar-refractivity contribution is -0.307. The van der Waals surface area contributed by atoms with Crippen LogP contribution in [0.3, 0.4) is 0 Å². The van der Waals surface area contributed by atoms with Crippen LogP contribution in [0.25, 0.3) is 10.4 Å². The fraction of sp³-hybridized carbons (Fsp3) is 0.750. The first-order chi connectivity index (χ1) is 15.8. The molecule has 1 aliphatic rings. The van der Waals surface area contributed by atoms with Gasteiger partial charge in [0.2, 0.25) is 0 Å². The van der Waals surface area contributed by atoms with Crippen molar-refractivity contribution in [1.82, 2.24) is 0 Å². The molecule has 1 unspecified atom stereocenters. The van der Waals surface area contributed by atoms with E-state index in [0.29, 0.717) is 0 Å². The summed E-state index contributed by atoms with van der Waals surface area (Å²) in [5.74, 6) is -4.22. The standard InChI is InChI=1S/C16H23N3O10/c1-8(20)25-7-12-13(26-9(2)21)14(27-10(3)22)15(28-11(4)23)16(29-12)24-6-5-18-19-17/h12-16H,5-7H2,1-4H3/t12-,13-,14+,15+,16?/m1/s1/i1D,2D,3D,4D. The van der Waals surface area contributed by atoms with Crippen molar-refractivity contribution in [2.24, 2.45) is 5.11 Å². The summed E-state index contributed by atoms with van der Waals surface area (Å²) in [5, 5.41) is 3.27. The summed E-state index contributed by atoms with van der Waals surface area (Å²) < 4.78 is 59.8. The molecule has 29 heavy (non-hydrogen) atoms. The molecule has 162 valence electrons. The van der Waals surface area contributed by atoms with Gasteiger partial charge in [-0.25, -0.2) is 0 Å². The molecule has 0 aliphatic carbocycles. The van der Waals surface area contributed by atoms with E-state index in [2.05, 4.69) is 10.0 Å². The summed E-state index contributed by atoms with van der Waals surface area (Å²) in [6, 6.07) is 0. The number of rotatable bonds is 9. The molecule has 0 aromatic rings. The Morgan fingerprint density at radius 2 is 1.55 bits per heavy atom. The highest BCUT2D eigenvalue weighted by Crippen LogP contribution is 2.29. The molecule has 0 spiro atoms. The smallest absolute Gasteiger partial charge is 0.303 e. The van der Waals surface area contributed by atoms with Gasteiger partial charge in [-0.3, -0.25) is 19.2 Å². The van der Waals surface area contributed by atoms with Crippen molar-refractivity contribution in [2.45, 2.75) is 58.3 Å². The molecule has 13 nitrogen and oxygen atoms in total. The highest BCUT2D eigenvalue weighted by atomic mass is 16.7. The molecule has 0 amide bonds. The molecule has 1 aliphatic heterocycles. The summed E-state index contributed by atoms with van der Waals surface area (Å²) in [4.78, 5) is 49.5. The van der Waals surface area contributed by atoms with E-state index >= 15 is 0 Å². The molecule has 1 heterocycles. The van der Waals surface area contributed by atoms with Crippen molar-refractivity contribution in [3.05, 3.63) is 10.4 Å². The Balaban J connectivity index is 3.34. The Labute approximate surface area is 171 Å². The number of ether oxygens (including phenoxy) is 6. The van der Waals surface area contributed by atoms with Crippen molar-refractivity contribution in [3.63, 3.8) is 0 Å². The van der Waals surface area contributed by atoms with Crippen molar-refractivity contribution in [2.75, 3.05) is 19.8 Å². The Morgan fingerprint density at radius 1 is 0.966 bits per heavy atom. The third-order valence-corrected chi connectivity index (χ3v) is 3.34. The average Bonchev–Trinajstić information content (AvgIpc) is 2.82. The van der Waals surface area contributed by atoms with Crippen molar-refractivity contribution >= 4 is 23.9 Å². The number of carbonyl (C=O) groups is 4. The highest BCUT2D eigenvalue weighted by Gasteiger charge is 2.52. The Hall–Kier alpha value is -2.89. The van der Waals surface area contributed by atoms with Crippen molar-refractivity contribution in [3.8, 4) is 0 Å². The zero-order valence-electron chi connectivity index (χ0n) is 19.3. The molecule has 1 rings (SSSR count). The number of azide groups is 1. The van der Waals surface area contributed by atoms with E-state index in [0.717, 1.165) is 0 Å². The number of hydrogen-bond donors (Lipinski definition) is 0. The number of hydrogen-bond acceptors (Lipinski definition) is 11. The summed E-state index contributed by atoms with van der Waals surface area (Å²) in [5.41, 5.74) is 8.38. The molecule has 5 atom stereocenters. The molecule has 0 bridgehead atoms. The third kappa shape index (κ3) is 8.34. The van der Waals surface area contributed by atoms with Gasteiger partial charge in [0.05, 0.1) is 6.61 Å². The molecule has 0 radical (unpaired) electrons. The Morgan fingerprint density at radius 3 is 2.14 bits per heavy atom. The van der Waals surface area contributed by atoms with Gasteiger partial charge in [0.25, 0.3) is 0 Å². The summed E-state index contributed by atoms with van der Waals surface area (Å²) in [7, 11) is 0. The maximum Gasteiger partial charge on any atom is 0.303 e. The monoisotopic (exact) mass is 421 g/mol. The lowest BCUT2D eigenvalue weighted by Gasteiger charge is -2.44. The molecule has 0 aromatic carbocycles. The molecule has 1 saturated heterocycles. The predicted octanol–water partition coefficient (Wildman–Crippen LogP) is 0.396. The summed E-state index contributed by atoms with van der Waals surface area (Å²) in [6.45, 7) is -4.26. The Kier molecular flexibility index (Phi) is 7.41. The normalized spacial score (nSPS) is 27.7. The van der Waals surface area contributed by atoms with Crippen LogP contribution in [0.15, 0.2) is 5.11 Å². The molecule has 13 heteroatoms. The first-order valence-corrected chi connectivity index (χ1v) is 8.00. The van der Waals surface area contributed by atoms with Gasteiger partial charge in [0.1, 0.15) is 12.7 Å². The quantitative estimate of drug-likeness (QED) is 0.127. The maximum atomic E-state index is 11.9. The van der Waals surface area contributed by atoms with E-state index in [1.807, 2.05) is 0 Å². The lowest BCUT2D eigenvalue weighted by atomic mass is 9.98. The third-order valence-electron chi connectivity index (χ3n) is 3.34. The van der Waals surface area contributed by atoms with Crippen LogP contribution in [0.4, 0.5) is 0 Å². The van der Waals surface area contributed by atoms with Crippen LogP contribution in [0.5, 0.6) is 0 Å². The second-order valence-electron chi connectivity index (χ2n) is 5.41. The zero-order chi connectivity index (χ0) is 24.8. The van der Waals surface area contributed by atoms with Gasteiger partial charge in [-0.05, 0) is 5.53 Å². The van der Waals surface area contributed by atoms with Gasteiger partial charge in [0.15, 0.2) is 24.6 Å². The minimum atomic E-state index is -1.63. The van der Waals surface area contributed by atoms with Crippen LogP contribution in [0, 0.1) is 0 Å². The van der Waals surface area contributed by atoms with Crippen LogP contribution in [-0.4, -0.2) is 74.3 Å². The minimum absolute atomic E-state index is 0.164. The van der Waals surface area contributed by atoms with Crippen LogP contribution in [0.1, 0.15) is 33.1 Å². The number of nitrogens with zero attached hydrogens (tertiary/aromatic N) is 3. The van der Waals surface area contributed by atoms with Crippen LogP contribution in [0.2, 0.25) is 0 Å². The first kappa shape index (κ1) is 18.2. The zero-order valence-corrected chi connectivity index (χ0v) is 15.3. The maximum absolute atomic E-state index is 11.9. The number of esters is 4. The van der Waals surface area contributed by atoms with Gasteiger partial charge in [0, 0.05) is 44.5 Å². The van der Waals surface area contributed by atoms with Crippen LogP contribution >= 0.6 is 0 Å². The van der Waals surface area contributed by atoms with E-state index in [1.54, 1.807) is 0 Å². The molecule has 1 fully saturated rings. The van der Waals surface area contributed by atoms with Crippen molar-refractivity contribution < 1.29 is 53.1 Å². The summed E-state index contributed by atoms with van der Waals surface area (Å²) in [6.07, 6.45) is -7.70. The molecule has 0 N–H and O–H groups in total. The molecule has 0 saturated carbocycles. The van der Waals surface area contributed by atoms with Gasteiger partial charge in [-0.15, -0.1) is 0 Å². The topological polar surface area (TPSA) is 172 Å². The first-order valence-electron chi connectivity index (χ1n) is 10.8. The average molecular weight is 421 g/mol. The Bertz CT molecular complexity index is 739. The molecular formula is C16H23N3O10. The summed E-state index contributed by atoms with van der Waals surface area (Å²) >= 11 is 0. The van der Waals surface area contributed by atoms with E-state index in [4.69, 9.17) is 39.4 Å². The fourth-order valence-corrected chi connectivity index (χ4v) is 2.43. The largest absolute Gasteiger partial charge is 0.463 e. The van der Waals surface area contributed by atoms with E-state index in [9.17, 15) is 19.2 Å². The van der Waals surface area contributed by atoms with Crippen LogP contribution in [-0.2, 0) is 47.6 Å². The van der Waals surface area contributed by atoms with Crippen LogP contribution < -0.4 is 0 Å².